The normalized spacial score (nSPS) is 12.1. The van der Waals surface area contributed by atoms with Crippen molar-refractivity contribution < 1.29 is 19.1 Å². The third-order valence-corrected chi connectivity index (χ3v) is 5.14. The van der Waals surface area contributed by atoms with E-state index in [1.165, 1.54) is 14.2 Å². The molecular weight excluding hydrogens is 406 g/mol. The molecular formula is C22H24ClN3O4. The summed E-state index contributed by atoms with van der Waals surface area (Å²) >= 11 is 6.14. The minimum atomic E-state index is -0.817. The van der Waals surface area contributed by atoms with Crippen LogP contribution in [0.4, 0.5) is 0 Å². The van der Waals surface area contributed by atoms with E-state index in [0.29, 0.717) is 17.0 Å². The lowest BCUT2D eigenvalue weighted by Gasteiger charge is -2.20. The number of aromatic nitrogens is 1. The van der Waals surface area contributed by atoms with Gasteiger partial charge in [-0.2, -0.15) is 0 Å². The minimum Gasteiger partial charge on any atom is -0.361 e. The van der Waals surface area contributed by atoms with E-state index < -0.39 is 18.2 Å². The highest BCUT2D eigenvalue weighted by atomic mass is 35.5. The molecule has 7 nitrogen and oxygen atoms in total. The second kappa shape index (κ2) is 10.2. The van der Waals surface area contributed by atoms with Crippen molar-refractivity contribution in [2.45, 2.75) is 18.8 Å². The summed E-state index contributed by atoms with van der Waals surface area (Å²) in [6.07, 6.45) is 1.57. The van der Waals surface area contributed by atoms with Crippen LogP contribution in [0.2, 0.25) is 5.02 Å². The highest BCUT2D eigenvalue weighted by molar-refractivity contribution is 6.33. The number of H-pyrrole nitrogens is 1. The summed E-state index contributed by atoms with van der Waals surface area (Å²) in [5.41, 5.74) is 2.19. The summed E-state index contributed by atoms with van der Waals surface area (Å²) in [6.45, 7) is 0.151. The van der Waals surface area contributed by atoms with Crippen LogP contribution in [0.15, 0.2) is 54.7 Å². The van der Waals surface area contributed by atoms with E-state index in [9.17, 15) is 9.59 Å². The van der Waals surface area contributed by atoms with Crippen molar-refractivity contribution in [1.82, 2.24) is 15.6 Å². The van der Waals surface area contributed by atoms with Crippen molar-refractivity contribution in [2.75, 3.05) is 20.8 Å². The molecule has 30 heavy (non-hydrogen) atoms. The second-order valence-electron chi connectivity index (χ2n) is 6.72. The molecule has 0 bridgehead atoms. The molecule has 0 aliphatic heterocycles. The molecule has 8 heteroatoms. The summed E-state index contributed by atoms with van der Waals surface area (Å²) in [5, 5.41) is 6.89. The van der Waals surface area contributed by atoms with Gasteiger partial charge < -0.3 is 25.1 Å². The fourth-order valence-corrected chi connectivity index (χ4v) is 3.40. The van der Waals surface area contributed by atoms with Crippen LogP contribution < -0.4 is 10.6 Å². The average Bonchev–Trinajstić information content (AvgIpc) is 3.17. The van der Waals surface area contributed by atoms with Crippen LogP contribution in [0.25, 0.3) is 10.9 Å². The number of hydrogen-bond donors (Lipinski definition) is 3. The van der Waals surface area contributed by atoms with Crippen molar-refractivity contribution in [3.8, 4) is 0 Å². The first-order valence-corrected chi connectivity index (χ1v) is 9.85. The summed E-state index contributed by atoms with van der Waals surface area (Å²) in [4.78, 5) is 28.9. The number of amides is 2. The van der Waals surface area contributed by atoms with Crippen LogP contribution >= 0.6 is 11.6 Å². The first-order valence-electron chi connectivity index (χ1n) is 9.47. The zero-order chi connectivity index (χ0) is 21.5. The Morgan fingerprint density at radius 3 is 2.50 bits per heavy atom. The van der Waals surface area contributed by atoms with Gasteiger partial charge in [0.25, 0.3) is 5.91 Å². The van der Waals surface area contributed by atoms with Gasteiger partial charge in [0.2, 0.25) is 5.91 Å². The Morgan fingerprint density at radius 2 is 1.77 bits per heavy atom. The van der Waals surface area contributed by atoms with Crippen LogP contribution in [0.1, 0.15) is 15.9 Å². The van der Waals surface area contributed by atoms with Crippen molar-refractivity contribution in [2.24, 2.45) is 0 Å². The predicted molar refractivity (Wildman–Crippen MR) is 116 cm³/mol. The summed E-state index contributed by atoms with van der Waals surface area (Å²) in [6, 6.07) is 13.7. The number of aromatic amines is 1. The first-order chi connectivity index (χ1) is 14.5. The second-order valence-corrected chi connectivity index (χ2v) is 7.12. The quantitative estimate of drug-likeness (QED) is 0.456. The Labute approximate surface area is 179 Å². The maximum absolute atomic E-state index is 12.9. The summed E-state index contributed by atoms with van der Waals surface area (Å²) in [5.74, 6) is -0.768. The first kappa shape index (κ1) is 21.8. The van der Waals surface area contributed by atoms with Gasteiger partial charge in [0.15, 0.2) is 6.29 Å². The Morgan fingerprint density at radius 1 is 1.07 bits per heavy atom. The number of benzene rings is 2. The van der Waals surface area contributed by atoms with Gasteiger partial charge in [-0.3, -0.25) is 9.59 Å². The highest BCUT2D eigenvalue weighted by Crippen LogP contribution is 2.20. The number of rotatable bonds is 9. The zero-order valence-electron chi connectivity index (χ0n) is 16.8. The molecule has 3 rings (SSSR count). The standard InChI is InChI=1S/C22H24ClN3O4/c1-29-20(30-2)13-25-22(28)19(26-21(27)16-8-3-5-9-17(16)23)11-14-12-24-18-10-6-4-7-15(14)18/h3-10,12,19-20,24H,11,13H2,1-2H3,(H,25,28)(H,26,27)/t19-/m0/s1. The Hall–Kier alpha value is -2.87. The molecule has 3 aromatic rings. The summed E-state index contributed by atoms with van der Waals surface area (Å²) in [7, 11) is 2.98. The van der Waals surface area contributed by atoms with Gasteiger partial charge in [-0.15, -0.1) is 0 Å². The number of fused-ring (bicyclic) bond motifs is 1. The highest BCUT2D eigenvalue weighted by Gasteiger charge is 2.24. The molecule has 1 atom stereocenters. The van der Waals surface area contributed by atoms with Crippen LogP contribution in [0.3, 0.4) is 0 Å². The number of carbonyl (C=O) groups excluding carboxylic acids is 2. The number of ether oxygens (including phenoxy) is 2. The van der Waals surface area contributed by atoms with E-state index >= 15 is 0 Å². The van der Waals surface area contributed by atoms with E-state index in [1.807, 2.05) is 30.5 Å². The molecule has 2 amide bonds. The molecule has 0 saturated carbocycles. The maximum atomic E-state index is 12.9. The monoisotopic (exact) mass is 429 g/mol. The van der Waals surface area contributed by atoms with Crippen LogP contribution in [-0.2, 0) is 20.7 Å². The number of para-hydroxylation sites is 1. The van der Waals surface area contributed by atoms with Gasteiger partial charge in [0.05, 0.1) is 17.1 Å². The average molecular weight is 430 g/mol. The van der Waals surface area contributed by atoms with E-state index in [-0.39, 0.29) is 12.5 Å². The smallest absolute Gasteiger partial charge is 0.253 e. The molecule has 0 fully saturated rings. The van der Waals surface area contributed by atoms with Crippen LogP contribution in [0, 0.1) is 0 Å². The largest absolute Gasteiger partial charge is 0.361 e. The molecule has 3 N–H and O–H groups in total. The molecule has 1 aromatic heterocycles. The fraction of sp³-hybridized carbons (Fsp3) is 0.273. The third kappa shape index (κ3) is 5.18. The van der Waals surface area contributed by atoms with Gasteiger partial charge >= 0.3 is 0 Å². The van der Waals surface area contributed by atoms with Crippen molar-refractivity contribution in [3.63, 3.8) is 0 Å². The molecule has 158 valence electrons. The zero-order valence-corrected chi connectivity index (χ0v) is 17.5. The Kier molecular flexibility index (Phi) is 7.46. The maximum Gasteiger partial charge on any atom is 0.253 e. The van der Waals surface area contributed by atoms with E-state index in [1.54, 1.807) is 24.3 Å². The van der Waals surface area contributed by atoms with Gasteiger partial charge in [-0.1, -0.05) is 41.9 Å². The fourth-order valence-electron chi connectivity index (χ4n) is 3.18. The lowest BCUT2D eigenvalue weighted by molar-refractivity contribution is -0.129. The van der Waals surface area contributed by atoms with Crippen LogP contribution in [-0.4, -0.2) is 49.9 Å². The number of hydrogen-bond acceptors (Lipinski definition) is 4. The van der Waals surface area contributed by atoms with Gasteiger partial charge in [-0.25, -0.2) is 0 Å². The lowest BCUT2D eigenvalue weighted by atomic mass is 10.0. The third-order valence-electron chi connectivity index (χ3n) is 4.81. The van der Waals surface area contributed by atoms with Crippen LogP contribution in [0.5, 0.6) is 0 Å². The van der Waals surface area contributed by atoms with Gasteiger partial charge in [-0.05, 0) is 23.8 Å². The van der Waals surface area contributed by atoms with Gasteiger partial charge in [0, 0.05) is 37.7 Å². The number of methoxy groups -OCH3 is 2. The Bertz CT molecular complexity index is 1020. The van der Waals surface area contributed by atoms with Crippen molar-refractivity contribution >= 4 is 34.3 Å². The number of carbonyl (C=O) groups is 2. The lowest BCUT2D eigenvalue weighted by Crippen LogP contribution is -2.49. The molecule has 0 aliphatic rings. The SMILES string of the molecule is COC(CNC(=O)[C@H](Cc1c[nH]c2ccccc12)NC(=O)c1ccccc1Cl)OC. The number of halogens is 1. The summed E-state index contributed by atoms with van der Waals surface area (Å²) < 4.78 is 10.2. The molecule has 0 saturated heterocycles. The molecule has 0 spiro atoms. The van der Waals surface area contributed by atoms with Crippen molar-refractivity contribution in [1.29, 1.82) is 0 Å². The van der Waals surface area contributed by atoms with E-state index in [2.05, 4.69) is 15.6 Å². The molecule has 1 heterocycles. The molecule has 0 radical (unpaired) electrons. The minimum absolute atomic E-state index is 0.151. The molecule has 0 unspecified atom stereocenters. The molecule has 2 aromatic carbocycles. The van der Waals surface area contributed by atoms with E-state index in [4.69, 9.17) is 21.1 Å². The predicted octanol–water partition coefficient (Wildman–Crippen LogP) is 2.90. The topological polar surface area (TPSA) is 92.5 Å². The number of nitrogens with one attached hydrogen (secondary N) is 3. The van der Waals surface area contributed by atoms with Crippen molar-refractivity contribution in [3.05, 3.63) is 70.9 Å². The Balaban J connectivity index is 1.81. The van der Waals surface area contributed by atoms with Gasteiger partial charge in [0.1, 0.15) is 6.04 Å². The van der Waals surface area contributed by atoms with E-state index in [0.717, 1.165) is 16.5 Å². The molecule has 0 aliphatic carbocycles.